The summed E-state index contributed by atoms with van der Waals surface area (Å²) in [5.41, 5.74) is 2.62. The Balaban J connectivity index is 1.92. The molecule has 24 heavy (non-hydrogen) atoms. The number of hydrogen-bond acceptors (Lipinski definition) is 4. The Morgan fingerprint density at radius 3 is 2.79 bits per heavy atom. The van der Waals surface area contributed by atoms with Crippen molar-refractivity contribution in [3.63, 3.8) is 0 Å². The molecule has 0 radical (unpaired) electrons. The minimum Gasteiger partial charge on any atom is -0.307 e. The third kappa shape index (κ3) is 3.55. The smallest absolute Gasteiger partial charge is 0.249 e. The summed E-state index contributed by atoms with van der Waals surface area (Å²) in [6, 6.07) is 9.31. The van der Waals surface area contributed by atoms with Gasteiger partial charge in [0.1, 0.15) is 5.82 Å². The molecule has 0 aliphatic heterocycles. The van der Waals surface area contributed by atoms with E-state index in [0.29, 0.717) is 16.0 Å². The molecule has 7 heteroatoms. The van der Waals surface area contributed by atoms with Crippen molar-refractivity contribution >= 4 is 34.7 Å². The van der Waals surface area contributed by atoms with Gasteiger partial charge >= 0.3 is 0 Å². The summed E-state index contributed by atoms with van der Waals surface area (Å²) < 4.78 is 1.64. The van der Waals surface area contributed by atoms with Crippen LogP contribution in [0.5, 0.6) is 0 Å². The number of amides is 1. The number of carbonyl (C=O) groups excluding carboxylic acids is 1. The topological polar surface area (TPSA) is 59.8 Å². The molecule has 0 aliphatic carbocycles. The molecule has 0 spiro atoms. The number of thiazole rings is 1. The molecular formula is C17H15ClN4OS. The molecule has 0 saturated carbocycles. The lowest BCUT2D eigenvalue weighted by Gasteiger charge is -2.04. The average molecular weight is 359 g/mol. The number of carbonyl (C=O) groups is 1. The lowest BCUT2D eigenvalue weighted by Crippen LogP contribution is -2.12. The molecule has 5 nitrogen and oxygen atoms in total. The van der Waals surface area contributed by atoms with Gasteiger partial charge < -0.3 is 5.32 Å². The van der Waals surface area contributed by atoms with Crippen molar-refractivity contribution in [2.24, 2.45) is 0 Å². The predicted molar refractivity (Wildman–Crippen MR) is 97.9 cm³/mol. The van der Waals surface area contributed by atoms with Crippen LogP contribution in [0.25, 0.3) is 16.4 Å². The fraction of sp³-hybridized carbons (Fsp3) is 0.118. The zero-order valence-corrected chi connectivity index (χ0v) is 14.7. The molecule has 1 aromatic carbocycles. The van der Waals surface area contributed by atoms with E-state index in [0.717, 1.165) is 17.0 Å². The molecule has 1 amide bonds. The Kier molecular flexibility index (Phi) is 4.78. The number of benzene rings is 1. The van der Waals surface area contributed by atoms with Crippen LogP contribution in [0.1, 0.15) is 12.6 Å². The Hall–Kier alpha value is -2.44. The van der Waals surface area contributed by atoms with Crippen LogP contribution in [0, 0.1) is 6.92 Å². The number of aromatic nitrogens is 3. The van der Waals surface area contributed by atoms with Crippen molar-refractivity contribution in [1.29, 1.82) is 0 Å². The van der Waals surface area contributed by atoms with Crippen LogP contribution in [-0.4, -0.2) is 20.7 Å². The molecule has 122 valence electrons. The molecule has 3 rings (SSSR count). The third-order valence-corrected chi connectivity index (χ3v) is 4.28. The van der Waals surface area contributed by atoms with Crippen LogP contribution < -0.4 is 5.32 Å². The summed E-state index contributed by atoms with van der Waals surface area (Å²) in [7, 11) is 0. The summed E-state index contributed by atoms with van der Waals surface area (Å²) in [6.45, 7) is 3.66. The molecule has 2 aromatic heterocycles. The van der Waals surface area contributed by atoms with E-state index in [9.17, 15) is 4.79 Å². The summed E-state index contributed by atoms with van der Waals surface area (Å²) >= 11 is 7.38. The number of nitrogens with one attached hydrogen (secondary N) is 1. The van der Waals surface area contributed by atoms with Crippen LogP contribution in [-0.2, 0) is 4.79 Å². The highest BCUT2D eigenvalue weighted by Gasteiger charge is 2.13. The monoisotopic (exact) mass is 358 g/mol. The van der Waals surface area contributed by atoms with E-state index in [1.165, 1.54) is 17.4 Å². The van der Waals surface area contributed by atoms with Crippen molar-refractivity contribution in [3.05, 3.63) is 58.6 Å². The number of allylic oxidation sites excluding steroid dienone is 1. The number of rotatable bonds is 4. The molecule has 0 atom stereocenters. The van der Waals surface area contributed by atoms with E-state index in [1.807, 2.05) is 42.6 Å². The zero-order chi connectivity index (χ0) is 17.1. The van der Waals surface area contributed by atoms with Gasteiger partial charge in [0.05, 0.1) is 11.4 Å². The number of anilines is 1. The van der Waals surface area contributed by atoms with E-state index in [-0.39, 0.29) is 5.91 Å². The van der Waals surface area contributed by atoms with Gasteiger partial charge in [-0.3, -0.25) is 4.79 Å². The van der Waals surface area contributed by atoms with Crippen molar-refractivity contribution in [2.75, 3.05) is 5.32 Å². The quantitative estimate of drug-likeness (QED) is 0.700. The molecule has 0 aliphatic rings. The lowest BCUT2D eigenvalue weighted by atomic mass is 10.2. The molecule has 1 N–H and O–H groups in total. The van der Waals surface area contributed by atoms with Gasteiger partial charge in [0.15, 0.2) is 0 Å². The Labute approximate surface area is 148 Å². The molecule has 3 aromatic rings. The summed E-state index contributed by atoms with van der Waals surface area (Å²) in [6.07, 6.45) is 3.15. The van der Waals surface area contributed by atoms with E-state index in [2.05, 4.69) is 15.4 Å². The SMILES string of the molecule is CC=CC(=O)Nc1cc(C)nn1-c1nc(-c2ccc(Cl)cc2)cs1. The van der Waals surface area contributed by atoms with Crippen LogP contribution >= 0.6 is 22.9 Å². The largest absolute Gasteiger partial charge is 0.307 e. The van der Waals surface area contributed by atoms with Gasteiger partial charge in [-0.1, -0.05) is 29.8 Å². The standard InChI is InChI=1S/C17H15ClN4OS/c1-3-4-16(23)20-15-9-11(2)21-22(15)17-19-14(10-24-17)12-5-7-13(18)8-6-12/h3-10H,1-2H3,(H,20,23). The van der Waals surface area contributed by atoms with Gasteiger partial charge in [0, 0.05) is 22.0 Å². The number of aryl methyl sites for hydroxylation is 1. The van der Waals surface area contributed by atoms with Gasteiger partial charge in [-0.05, 0) is 32.1 Å². The highest BCUT2D eigenvalue weighted by atomic mass is 35.5. The molecule has 0 saturated heterocycles. The van der Waals surface area contributed by atoms with Gasteiger partial charge in [-0.25, -0.2) is 4.98 Å². The Morgan fingerprint density at radius 1 is 1.33 bits per heavy atom. The molecule has 0 bridgehead atoms. The molecule has 2 heterocycles. The van der Waals surface area contributed by atoms with Crippen molar-refractivity contribution < 1.29 is 4.79 Å². The maximum atomic E-state index is 11.8. The third-order valence-electron chi connectivity index (χ3n) is 3.21. The zero-order valence-electron chi connectivity index (χ0n) is 13.2. The lowest BCUT2D eigenvalue weighted by molar-refractivity contribution is -0.111. The molecule has 0 unspecified atom stereocenters. The normalized spacial score (nSPS) is 11.1. The summed E-state index contributed by atoms with van der Waals surface area (Å²) in [4.78, 5) is 16.4. The van der Waals surface area contributed by atoms with E-state index in [4.69, 9.17) is 11.6 Å². The number of hydrogen-bond donors (Lipinski definition) is 1. The van der Waals surface area contributed by atoms with Gasteiger partial charge in [0.25, 0.3) is 0 Å². The van der Waals surface area contributed by atoms with Crippen molar-refractivity contribution in [1.82, 2.24) is 14.8 Å². The van der Waals surface area contributed by atoms with Gasteiger partial charge in [-0.2, -0.15) is 9.78 Å². The Bertz CT molecular complexity index is 896. The number of halogens is 1. The van der Waals surface area contributed by atoms with Crippen LogP contribution in [0.4, 0.5) is 5.82 Å². The summed E-state index contributed by atoms with van der Waals surface area (Å²) in [5, 5.41) is 10.6. The van der Waals surface area contributed by atoms with E-state index < -0.39 is 0 Å². The van der Waals surface area contributed by atoms with E-state index >= 15 is 0 Å². The Morgan fingerprint density at radius 2 is 2.08 bits per heavy atom. The molecule has 0 fully saturated rings. The van der Waals surface area contributed by atoms with Crippen LogP contribution in [0.15, 0.2) is 47.9 Å². The highest BCUT2D eigenvalue weighted by molar-refractivity contribution is 7.12. The van der Waals surface area contributed by atoms with Gasteiger partial charge in [-0.15, -0.1) is 11.3 Å². The fourth-order valence-electron chi connectivity index (χ4n) is 2.17. The summed E-state index contributed by atoms with van der Waals surface area (Å²) in [5.74, 6) is 0.390. The maximum absolute atomic E-state index is 11.8. The molecular weight excluding hydrogens is 344 g/mol. The second-order valence-corrected chi connectivity index (χ2v) is 6.37. The second-order valence-electron chi connectivity index (χ2n) is 5.09. The first-order valence-electron chi connectivity index (χ1n) is 7.29. The minimum atomic E-state index is -0.201. The van der Waals surface area contributed by atoms with Crippen molar-refractivity contribution in [2.45, 2.75) is 13.8 Å². The van der Waals surface area contributed by atoms with Gasteiger partial charge in [0.2, 0.25) is 11.0 Å². The maximum Gasteiger partial charge on any atom is 0.249 e. The average Bonchev–Trinajstić information content (AvgIpc) is 3.15. The van der Waals surface area contributed by atoms with Crippen LogP contribution in [0.3, 0.4) is 0 Å². The van der Waals surface area contributed by atoms with Crippen molar-refractivity contribution in [3.8, 4) is 16.4 Å². The minimum absolute atomic E-state index is 0.201. The van der Waals surface area contributed by atoms with E-state index in [1.54, 1.807) is 17.7 Å². The first-order chi connectivity index (χ1) is 11.6. The first kappa shape index (κ1) is 16.4. The first-order valence-corrected chi connectivity index (χ1v) is 8.55. The predicted octanol–water partition coefficient (Wildman–Crippen LogP) is 4.47. The number of nitrogens with zero attached hydrogens (tertiary/aromatic N) is 3. The fourth-order valence-corrected chi connectivity index (χ4v) is 3.09. The highest BCUT2D eigenvalue weighted by Crippen LogP contribution is 2.27. The second kappa shape index (κ2) is 6.98. The van der Waals surface area contributed by atoms with Crippen LogP contribution in [0.2, 0.25) is 5.02 Å².